The van der Waals surface area contributed by atoms with E-state index in [9.17, 15) is 18.3 Å². The van der Waals surface area contributed by atoms with Gasteiger partial charge in [-0.05, 0) is 117 Å². The number of nitrogens with one attached hydrogen (secondary N) is 1. The van der Waals surface area contributed by atoms with E-state index in [2.05, 4.69) is 14.6 Å². The number of halogens is 1. The Morgan fingerprint density at radius 3 is 2.70 bits per heavy atom. The average molecular weight is 722 g/mol. The number of rotatable bonds is 4. The van der Waals surface area contributed by atoms with Crippen LogP contribution in [-0.2, 0) is 27.8 Å². The Morgan fingerprint density at radius 2 is 1.96 bits per heavy atom. The topological polar surface area (TPSA) is 118 Å². The lowest BCUT2D eigenvalue weighted by Crippen LogP contribution is -2.51. The zero-order chi connectivity index (χ0) is 35.5. The monoisotopic (exact) mass is 721 g/mol. The quantitative estimate of drug-likeness (QED) is 0.276. The van der Waals surface area contributed by atoms with Gasteiger partial charge >= 0.3 is 0 Å². The summed E-state index contributed by atoms with van der Waals surface area (Å²) >= 11 is 6.37. The van der Waals surface area contributed by atoms with Crippen molar-refractivity contribution >= 4 is 33.2 Å². The number of methoxy groups -OCH3 is 1. The molecule has 3 aromatic rings. The number of allylic oxidation sites excluding steroid dienone is 1. The summed E-state index contributed by atoms with van der Waals surface area (Å²) < 4.78 is 42.2. The molecule has 268 valence electrons. The maximum atomic E-state index is 13.5. The molecule has 0 saturated heterocycles. The number of carbonyl (C=O) groups is 1. The van der Waals surface area contributed by atoms with E-state index >= 15 is 0 Å². The maximum Gasteiger partial charge on any atom is 0.264 e. The van der Waals surface area contributed by atoms with E-state index in [1.165, 1.54) is 0 Å². The van der Waals surface area contributed by atoms with E-state index in [0.29, 0.717) is 49.0 Å². The van der Waals surface area contributed by atoms with Gasteiger partial charge in [0.25, 0.3) is 5.91 Å². The predicted octanol–water partition coefficient (Wildman–Crippen LogP) is 7.04. The third-order valence-electron chi connectivity index (χ3n) is 11.1. The molecule has 6 atom stereocenters. The van der Waals surface area contributed by atoms with Gasteiger partial charge in [0, 0.05) is 43.4 Å². The number of aliphatic hydroxyl groups excluding tert-OH is 1. The Balaban J connectivity index is 1.41. The standard InChI is InChI=1S/C39H48ClN3O6S/c1-26-9-8-18-39(48-3,23-36(44)34-11-4-6-19-41-34)33-16-13-30(33)24-43-20-7-5-10-28-21-32(40)15-12-31(28)25-49-37-17-14-29(22-35(37)43)38(45)42-50(46,47)27(26)2/h4,6,8,11-12,14-15,17-19,21-22,26-27,30,33,36,44H,5,7,9-10,13,16,20,23-25H2,1-3H3,(H,42,45)/b18-8+/t26-,27+,30-,33+,36+,39+/m0/s1. The van der Waals surface area contributed by atoms with Crippen molar-refractivity contribution in [2.75, 3.05) is 25.1 Å². The largest absolute Gasteiger partial charge is 0.487 e. The number of pyridine rings is 1. The molecule has 6 rings (SSSR count). The summed E-state index contributed by atoms with van der Waals surface area (Å²) in [5, 5.41) is 11.3. The third kappa shape index (κ3) is 7.88. The first-order valence-electron chi connectivity index (χ1n) is 17.7. The van der Waals surface area contributed by atoms with Crippen LogP contribution in [0.15, 0.2) is 72.9 Å². The summed E-state index contributed by atoms with van der Waals surface area (Å²) in [6, 6.07) is 16.6. The maximum absolute atomic E-state index is 13.5. The number of fused-ring (bicyclic) bond motifs is 3. The molecule has 9 nitrogen and oxygen atoms in total. The van der Waals surface area contributed by atoms with Crippen LogP contribution < -0.4 is 14.4 Å². The van der Waals surface area contributed by atoms with Crippen molar-refractivity contribution in [3.63, 3.8) is 0 Å². The van der Waals surface area contributed by atoms with Gasteiger partial charge < -0.3 is 19.5 Å². The fourth-order valence-corrected chi connectivity index (χ4v) is 9.16. The Kier molecular flexibility index (Phi) is 11.2. The Morgan fingerprint density at radius 1 is 1.12 bits per heavy atom. The van der Waals surface area contributed by atoms with Crippen LogP contribution in [0.25, 0.3) is 0 Å². The molecule has 2 aromatic carbocycles. The molecule has 11 heteroatoms. The number of aryl methyl sites for hydroxylation is 1. The minimum Gasteiger partial charge on any atom is -0.487 e. The third-order valence-corrected chi connectivity index (χ3v) is 13.2. The molecule has 2 aliphatic heterocycles. The highest BCUT2D eigenvalue weighted by Gasteiger charge is 2.48. The van der Waals surface area contributed by atoms with Gasteiger partial charge in [-0.3, -0.25) is 9.78 Å². The number of hydrogen-bond donors (Lipinski definition) is 2. The molecular weight excluding hydrogens is 674 g/mol. The molecule has 2 bridgehead atoms. The van der Waals surface area contributed by atoms with E-state index in [0.717, 1.165) is 48.9 Å². The van der Waals surface area contributed by atoms with Crippen LogP contribution in [0.5, 0.6) is 5.75 Å². The summed E-state index contributed by atoms with van der Waals surface area (Å²) in [6.45, 7) is 5.21. The van der Waals surface area contributed by atoms with Crippen molar-refractivity contribution in [2.45, 2.75) is 82.4 Å². The first-order chi connectivity index (χ1) is 24.0. The number of anilines is 1. The van der Waals surface area contributed by atoms with Crippen LogP contribution in [0.2, 0.25) is 5.02 Å². The fraction of sp³-hybridized carbons (Fsp3) is 0.487. The summed E-state index contributed by atoms with van der Waals surface area (Å²) in [5.41, 5.74) is 2.98. The molecule has 1 aliphatic carbocycles. The molecule has 0 unspecified atom stereocenters. The van der Waals surface area contributed by atoms with Crippen LogP contribution >= 0.6 is 11.6 Å². The first-order valence-corrected chi connectivity index (χ1v) is 19.6. The van der Waals surface area contributed by atoms with Crippen molar-refractivity contribution in [3.8, 4) is 5.75 Å². The second-order valence-electron chi connectivity index (χ2n) is 14.2. The minimum absolute atomic E-state index is 0.0758. The number of aliphatic hydroxyl groups is 1. The van der Waals surface area contributed by atoms with Crippen LogP contribution in [0.4, 0.5) is 5.69 Å². The number of ether oxygens (including phenoxy) is 2. The van der Waals surface area contributed by atoms with E-state index < -0.39 is 32.9 Å². The van der Waals surface area contributed by atoms with Gasteiger partial charge in [-0.2, -0.15) is 0 Å². The van der Waals surface area contributed by atoms with Gasteiger partial charge in [-0.15, -0.1) is 0 Å². The van der Waals surface area contributed by atoms with Crippen LogP contribution in [0, 0.1) is 17.8 Å². The van der Waals surface area contributed by atoms with Gasteiger partial charge in [0.1, 0.15) is 12.4 Å². The molecular formula is C39H48ClN3O6S. The summed E-state index contributed by atoms with van der Waals surface area (Å²) in [6.07, 6.45) is 10.2. The molecule has 2 N–H and O–H groups in total. The second kappa shape index (κ2) is 15.4. The lowest BCUT2D eigenvalue weighted by atomic mass is 9.62. The SMILES string of the molecule is CO[C@@]1(C[C@@H](O)c2ccccn2)/C=C/C[C@H](C)[C@@H](C)S(=O)(=O)NC(=O)c2ccc3c(c2)N(CCCCc2cc(Cl)ccc2CO3)C[C@@H]2CC[C@H]21. The van der Waals surface area contributed by atoms with E-state index in [1.54, 1.807) is 38.4 Å². The van der Waals surface area contributed by atoms with Crippen molar-refractivity contribution in [1.29, 1.82) is 0 Å². The molecule has 1 saturated carbocycles. The van der Waals surface area contributed by atoms with Gasteiger partial charge in [-0.1, -0.05) is 42.8 Å². The van der Waals surface area contributed by atoms with Crippen molar-refractivity contribution in [3.05, 3.63) is 100 Å². The number of aromatic nitrogens is 1. The molecule has 3 heterocycles. The van der Waals surface area contributed by atoms with Crippen molar-refractivity contribution < 1.29 is 27.8 Å². The normalized spacial score (nSPS) is 28.3. The fourth-order valence-electron chi connectivity index (χ4n) is 7.68. The number of hydrogen-bond acceptors (Lipinski definition) is 8. The van der Waals surface area contributed by atoms with Crippen molar-refractivity contribution in [2.24, 2.45) is 17.8 Å². The highest BCUT2D eigenvalue weighted by atomic mass is 35.5. The van der Waals surface area contributed by atoms with Gasteiger partial charge in [-0.25, -0.2) is 13.1 Å². The summed E-state index contributed by atoms with van der Waals surface area (Å²) in [4.78, 5) is 20.2. The summed E-state index contributed by atoms with van der Waals surface area (Å²) in [5.74, 6) is -0.0497. The lowest BCUT2D eigenvalue weighted by molar-refractivity contribution is -0.0992. The second-order valence-corrected chi connectivity index (χ2v) is 16.6. The Hall–Kier alpha value is -3.44. The zero-order valence-electron chi connectivity index (χ0n) is 29.1. The molecule has 1 fully saturated rings. The highest BCUT2D eigenvalue weighted by Crippen LogP contribution is 2.49. The molecule has 1 aromatic heterocycles. The van der Waals surface area contributed by atoms with E-state index in [-0.39, 0.29) is 23.3 Å². The van der Waals surface area contributed by atoms with Crippen LogP contribution in [0.3, 0.4) is 0 Å². The first kappa shape index (κ1) is 36.4. The average Bonchev–Trinajstić information content (AvgIpc) is 3.12. The number of nitrogens with zero attached hydrogens (tertiary/aromatic N) is 2. The number of carbonyl (C=O) groups excluding carboxylic acids is 1. The number of sulfonamides is 1. The molecule has 3 aliphatic rings. The molecule has 1 amide bonds. The number of benzene rings is 2. The number of amides is 1. The van der Waals surface area contributed by atoms with E-state index in [1.807, 2.05) is 55.5 Å². The van der Waals surface area contributed by atoms with Crippen LogP contribution in [0.1, 0.15) is 85.7 Å². The highest BCUT2D eigenvalue weighted by molar-refractivity contribution is 7.90. The van der Waals surface area contributed by atoms with Crippen molar-refractivity contribution in [1.82, 2.24) is 9.71 Å². The Labute approximate surface area is 301 Å². The minimum atomic E-state index is -4.00. The lowest BCUT2D eigenvalue weighted by Gasteiger charge is -2.50. The van der Waals surface area contributed by atoms with Crippen LogP contribution in [-0.4, -0.2) is 55.5 Å². The Bertz CT molecular complexity index is 1800. The van der Waals surface area contributed by atoms with Gasteiger partial charge in [0.15, 0.2) is 0 Å². The molecule has 50 heavy (non-hydrogen) atoms. The predicted molar refractivity (Wildman–Crippen MR) is 196 cm³/mol. The summed E-state index contributed by atoms with van der Waals surface area (Å²) in [7, 11) is -2.31. The molecule has 0 radical (unpaired) electrons. The van der Waals surface area contributed by atoms with Gasteiger partial charge in [0.05, 0.1) is 28.3 Å². The van der Waals surface area contributed by atoms with Gasteiger partial charge in [0.2, 0.25) is 10.0 Å². The molecule has 0 spiro atoms. The smallest absolute Gasteiger partial charge is 0.264 e. The van der Waals surface area contributed by atoms with E-state index in [4.69, 9.17) is 21.1 Å². The zero-order valence-corrected chi connectivity index (χ0v) is 30.6.